The third-order valence-corrected chi connectivity index (χ3v) is 3.73. The molecule has 1 N–H and O–H groups in total. The van der Waals surface area contributed by atoms with Crippen molar-refractivity contribution in [3.05, 3.63) is 29.8 Å². The molecule has 1 unspecified atom stereocenters. The fourth-order valence-corrected chi connectivity index (χ4v) is 2.65. The van der Waals surface area contributed by atoms with Crippen LogP contribution in [-0.4, -0.2) is 32.4 Å². The molecule has 3 rings (SSSR count). The third kappa shape index (κ3) is 3.03. The minimum absolute atomic E-state index is 0.261. The summed E-state index contributed by atoms with van der Waals surface area (Å²) < 4.78 is 11.0. The van der Waals surface area contributed by atoms with E-state index in [0.29, 0.717) is 0 Å². The molecule has 2 aliphatic rings. The Kier molecular flexibility index (Phi) is 3.81. The second-order valence-corrected chi connectivity index (χ2v) is 5.34. The van der Waals surface area contributed by atoms with Gasteiger partial charge in [0.2, 0.25) is 0 Å². The van der Waals surface area contributed by atoms with E-state index in [9.17, 15) is 0 Å². The number of benzene rings is 1. The van der Waals surface area contributed by atoms with Crippen molar-refractivity contribution >= 4 is 0 Å². The molecular weight excluding hydrogens is 226 g/mol. The molecule has 1 aromatic rings. The number of piperidine rings is 1. The number of rotatable bonds is 4. The Balaban J connectivity index is 1.58. The fraction of sp³-hybridized carbons (Fsp3) is 0.600. The van der Waals surface area contributed by atoms with Crippen LogP contribution in [0.15, 0.2) is 24.3 Å². The van der Waals surface area contributed by atoms with Gasteiger partial charge in [-0.3, -0.25) is 0 Å². The monoisotopic (exact) mass is 247 g/mol. The molecule has 0 aliphatic carbocycles. The molecule has 2 fully saturated rings. The molecule has 3 heteroatoms. The molecule has 0 spiro atoms. The largest absolute Gasteiger partial charge is 0.486 e. The second-order valence-electron chi connectivity index (χ2n) is 5.34. The van der Waals surface area contributed by atoms with Gasteiger partial charge in [-0.2, -0.15) is 0 Å². The maximum atomic E-state index is 5.84. The summed E-state index contributed by atoms with van der Waals surface area (Å²) in [6.07, 6.45) is 4.07. The molecule has 0 aromatic heterocycles. The van der Waals surface area contributed by atoms with Crippen LogP contribution in [0.5, 0.6) is 5.75 Å². The predicted molar refractivity (Wildman–Crippen MR) is 71.0 cm³/mol. The Hall–Kier alpha value is -1.06. The lowest BCUT2D eigenvalue weighted by molar-refractivity contribution is -0.0797. The van der Waals surface area contributed by atoms with Crippen LogP contribution in [0.2, 0.25) is 0 Å². The van der Waals surface area contributed by atoms with Crippen molar-refractivity contribution < 1.29 is 9.47 Å². The van der Waals surface area contributed by atoms with Gasteiger partial charge in [0.05, 0.1) is 13.2 Å². The summed E-state index contributed by atoms with van der Waals surface area (Å²) in [7, 11) is 0. The molecule has 2 aliphatic heterocycles. The maximum absolute atomic E-state index is 5.84. The van der Waals surface area contributed by atoms with Crippen molar-refractivity contribution in [2.45, 2.75) is 25.4 Å². The van der Waals surface area contributed by atoms with Gasteiger partial charge in [0.1, 0.15) is 11.9 Å². The van der Waals surface area contributed by atoms with E-state index in [-0.39, 0.29) is 6.10 Å². The Labute approximate surface area is 108 Å². The van der Waals surface area contributed by atoms with Crippen LogP contribution in [0, 0.1) is 5.92 Å². The van der Waals surface area contributed by atoms with Gasteiger partial charge < -0.3 is 14.8 Å². The summed E-state index contributed by atoms with van der Waals surface area (Å²) in [5.74, 6) is 1.77. The van der Waals surface area contributed by atoms with Crippen molar-refractivity contribution in [3.8, 4) is 5.75 Å². The molecule has 1 atom stereocenters. The zero-order chi connectivity index (χ0) is 12.2. The lowest BCUT2D eigenvalue weighted by Crippen LogP contribution is -2.38. The van der Waals surface area contributed by atoms with Crippen LogP contribution in [0.1, 0.15) is 18.4 Å². The Morgan fingerprint density at radius 2 is 2.28 bits per heavy atom. The fourth-order valence-electron chi connectivity index (χ4n) is 2.65. The number of hydrogen-bond donors (Lipinski definition) is 1. The van der Waals surface area contributed by atoms with Crippen LogP contribution < -0.4 is 10.1 Å². The standard InChI is InChI=1S/C15H21NO2/c1-3-12(7-13-4-2-6-16-9-13)8-14(5-1)18-15-10-17-11-15/h1,3,5,8,13,15-16H,2,4,6-7,9-11H2. The molecule has 3 nitrogen and oxygen atoms in total. The highest BCUT2D eigenvalue weighted by atomic mass is 16.6. The van der Waals surface area contributed by atoms with Gasteiger partial charge in [-0.1, -0.05) is 12.1 Å². The highest BCUT2D eigenvalue weighted by Crippen LogP contribution is 2.21. The van der Waals surface area contributed by atoms with E-state index in [1.54, 1.807) is 0 Å². The van der Waals surface area contributed by atoms with Gasteiger partial charge in [0.25, 0.3) is 0 Å². The van der Waals surface area contributed by atoms with Crippen LogP contribution in [0.3, 0.4) is 0 Å². The maximum Gasteiger partial charge on any atom is 0.145 e. The average Bonchev–Trinajstić information content (AvgIpc) is 2.36. The van der Waals surface area contributed by atoms with Crippen LogP contribution in [0.25, 0.3) is 0 Å². The Bertz CT molecular complexity index is 384. The highest BCUT2D eigenvalue weighted by Gasteiger charge is 2.20. The predicted octanol–water partition coefficient (Wildman–Crippen LogP) is 2.01. The second kappa shape index (κ2) is 5.72. The zero-order valence-electron chi connectivity index (χ0n) is 10.7. The molecule has 2 heterocycles. The first-order valence-electron chi connectivity index (χ1n) is 6.94. The minimum Gasteiger partial charge on any atom is -0.486 e. The highest BCUT2D eigenvalue weighted by molar-refractivity contribution is 5.29. The summed E-state index contributed by atoms with van der Waals surface area (Å²) in [6.45, 7) is 3.80. The third-order valence-electron chi connectivity index (χ3n) is 3.73. The Morgan fingerprint density at radius 3 is 3.00 bits per heavy atom. The normalized spacial score (nSPS) is 24.6. The molecule has 0 saturated carbocycles. The van der Waals surface area contributed by atoms with Crippen molar-refractivity contribution in [1.82, 2.24) is 5.32 Å². The minimum atomic E-state index is 0.261. The van der Waals surface area contributed by atoms with E-state index >= 15 is 0 Å². The SMILES string of the molecule is c1cc(CC2CCCNC2)cc(OC2COC2)c1. The summed E-state index contributed by atoms with van der Waals surface area (Å²) in [5.41, 5.74) is 1.39. The van der Waals surface area contributed by atoms with Gasteiger partial charge >= 0.3 is 0 Å². The van der Waals surface area contributed by atoms with Crippen LogP contribution in [0.4, 0.5) is 0 Å². The van der Waals surface area contributed by atoms with Crippen molar-refractivity contribution in [1.29, 1.82) is 0 Å². The Morgan fingerprint density at radius 1 is 1.33 bits per heavy atom. The summed E-state index contributed by atoms with van der Waals surface area (Å²) in [6, 6.07) is 8.53. The molecule has 1 aromatic carbocycles. The molecule has 2 saturated heterocycles. The zero-order valence-corrected chi connectivity index (χ0v) is 10.7. The van der Waals surface area contributed by atoms with E-state index in [2.05, 4.69) is 23.5 Å². The van der Waals surface area contributed by atoms with Gasteiger partial charge in [0, 0.05) is 0 Å². The lowest BCUT2D eigenvalue weighted by Gasteiger charge is -2.27. The first kappa shape index (κ1) is 12.0. The van der Waals surface area contributed by atoms with E-state index < -0.39 is 0 Å². The van der Waals surface area contributed by atoms with Crippen LogP contribution >= 0.6 is 0 Å². The number of ether oxygens (including phenoxy) is 2. The first-order valence-corrected chi connectivity index (χ1v) is 6.94. The van der Waals surface area contributed by atoms with Crippen molar-refractivity contribution in [2.75, 3.05) is 26.3 Å². The lowest BCUT2D eigenvalue weighted by atomic mass is 9.92. The van der Waals surface area contributed by atoms with E-state index in [1.807, 2.05) is 6.07 Å². The van der Waals surface area contributed by atoms with Crippen molar-refractivity contribution in [3.63, 3.8) is 0 Å². The van der Waals surface area contributed by atoms with Crippen LogP contribution in [-0.2, 0) is 11.2 Å². The van der Waals surface area contributed by atoms with Gasteiger partial charge in [-0.25, -0.2) is 0 Å². The van der Waals surface area contributed by atoms with E-state index in [0.717, 1.165) is 37.8 Å². The topological polar surface area (TPSA) is 30.5 Å². The van der Waals surface area contributed by atoms with E-state index in [1.165, 1.54) is 24.9 Å². The van der Waals surface area contributed by atoms with Gasteiger partial charge in [-0.05, 0) is 56.0 Å². The molecule has 0 bridgehead atoms. The smallest absolute Gasteiger partial charge is 0.145 e. The number of hydrogen-bond acceptors (Lipinski definition) is 3. The molecular formula is C15H21NO2. The molecule has 98 valence electrons. The van der Waals surface area contributed by atoms with Gasteiger partial charge in [0.15, 0.2) is 0 Å². The average molecular weight is 247 g/mol. The van der Waals surface area contributed by atoms with Crippen molar-refractivity contribution in [2.24, 2.45) is 5.92 Å². The summed E-state index contributed by atoms with van der Waals surface area (Å²) in [5, 5.41) is 3.47. The molecule has 0 radical (unpaired) electrons. The molecule has 0 amide bonds. The number of nitrogens with one attached hydrogen (secondary N) is 1. The quantitative estimate of drug-likeness (QED) is 0.883. The molecule has 18 heavy (non-hydrogen) atoms. The summed E-state index contributed by atoms with van der Waals surface area (Å²) in [4.78, 5) is 0. The summed E-state index contributed by atoms with van der Waals surface area (Å²) >= 11 is 0. The first-order chi connectivity index (χ1) is 8.90. The van der Waals surface area contributed by atoms with Gasteiger partial charge in [-0.15, -0.1) is 0 Å². The van der Waals surface area contributed by atoms with E-state index in [4.69, 9.17) is 9.47 Å².